The first-order valence-electron chi connectivity index (χ1n) is 8.91. The fourth-order valence-electron chi connectivity index (χ4n) is 2.51. The van der Waals surface area contributed by atoms with Gasteiger partial charge in [-0.25, -0.2) is 8.42 Å². The highest BCUT2D eigenvalue weighted by Gasteiger charge is 2.17. The van der Waals surface area contributed by atoms with Gasteiger partial charge in [-0.2, -0.15) is 0 Å². The summed E-state index contributed by atoms with van der Waals surface area (Å²) in [5.41, 5.74) is 0.996. The Morgan fingerprint density at radius 3 is 2.26 bits per heavy atom. The van der Waals surface area contributed by atoms with E-state index in [1.807, 2.05) is 0 Å². The van der Waals surface area contributed by atoms with Crippen molar-refractivity contribution in [3.63, 3.8) is 0 Å². The molecule has 0 heterocycles. The van der Waals surface area contributed by atoms with Gasteiger partial charge in [0.05, 0.1) is 17.0 Å². The van der Waals surface area contributed by atoms with E-state index >= 15 is 0 Å². The van der Waals surface area contributed by atoms with Crippen LogP contribution in [0.1, 0.15) is 0 Å². The van der Waals surface area contributed by atoms with E-state index in [1.165, 1.54) is 25.3 Å². The number of sulfonamides is 1. The summed E-state index contributed by atoms with van der Waals surface area (Å²) < 4.78 is 39.0. The Morgan fingerprint density at radius 2 is 1.65 bits per heavy atom. The van der Waals surface area contributed by atoms with E-state index in [9.17, 15) is 13.2 Å². The van der Waals surface area contributed by atoms with E-state index in [0.717, 1.165) is 4.47 Å². The van der Waals surface area contributed by atoms with Crippen LogP contribution in [0.15, 0.2) is 76.1 Å². The Morgan fingerprint density at radius 1 is 1.00 bits per heavy atom. The van der Waals surface area contributed by atoms with E-state index in [-0.39, 0.29) is 28.2 Å². The normalized spacial score (nSPS) is 10.9. The topological polar surface area (TPSA) is 93.7 Å². The Bertz CT molecular complexity index is 1170. The summed E-state index contributed by atoms with van der Waals surface area (Å²) in [5.74, 6) is 0.420. The van der Waals surface area contributed by atoms with E-state index < -0.39 is 10.0 Å². The van der Waals surface area contributed by atoms with Gasteiger partial charge >= 0.3 is 0 Å². The minimum Gasteiger partial charge on any atom is -0.497 e. The monoisotopic (exact) mass is 524 g/mol. The molecule has 10 heteroatoms. The number of halogens is 2. The smallest absolute Gasteiger partial charge is 0.262 e. The summed E-state index contributed by atoms with van der Waals surface area (Å²) in [6.45, 7) is -0.286. The van der Waals surface area contributed by atoms with Crippen LogP contribution in [0.2, 0.25) is 5.02 Å². The fourth-order valence-corrected chi connectivity index (χ4v) is 4.16. The number of hydrogen-bond acceptors (Lipinski definition) is 5. The number of methoxy groups -OCH3 is 1. The number of benzene rings is 3. The third-order valence-electron chi connectivity index (χ3n) is 4.04. The molecule has 0 aliphatic heterocycles. The molecule has 2 N–H and O–H groups in total. The number of anilines is 2. The molecule has 1 amide bonds. The fraction of sp³-hybridized carbons (Fsp3) is 0.0952. The van der Waals surface area contributed by atoms with E-state index in [1.54, 1.807) is 48.5 Å². The molecule has 3 rings (SSSR count). The Hall–Kier alpha value is -2.75. The zero-order valence-corrected chi connectivity index (χ0v) is 19.4. The van der Waals surface area contributed by atoms with Gasteiger partial charge in [-0.1, -0.05) is 27.5 Å². The molecule has 0 atom stereocenters. The maximum Gasteiger partial charge on any atom is 0.262 e. The van der Waals surface area contributed by atoms with Crippen molar-refractivity contribution < 1.29 is 22.7 Å². The van der Waals surface area contributed by atoms with Gasteiger partial charge in [-0.3, -0.25) is 9.52 Å². The summed E-state index contributed by atoms with van der Waals surface area (Å²) in [5, 5.41) is 2.75. The lowest BCUT2D eigenvalue weighted by molar-refractivity contribution is -0.118. The van der Waals surface area contributed by atoms with Crippen LogP contribution in [0.4, 0.5) is 11.4 Å². The number of amides is 1. The van der Waals surface area contributed by atoms with Crippen LogP contribution in [0.25, 0.3) is 0 Å². The molecule has 0 bridgehead atoms. The van der Waals surface area contributed by atoms with Gasteiger partial charge in [0.15, 0.2) is 6.61 Å². The molecule has 0 aliphatic rings. The second kappa shape index (κ2) is 10.0. The molecule has 0 spiro atoms. The highest BCUT2D eigenvalue weighted by atomic mass is 79.9. The molecule has 0 saturated carbocycles. The van der Waals surface area contributed by atoms with Gasteiger partial charge in [-0.05, 0) is 66.7 Å². The number of carbonyl (C=O) groups excluding carboxylic acids is 1. The number of rotatable bonds is 8. The van der Waals surface area contributed by atoms with Gasteiger partial charge in [0.25, 0.3) is 15.9 Å². The summed E-state index contributed by atoms with van der Waals surface area (Å²) in [4.78, 5) is 12.0. The van der Waals surface area contributed by atoms with E-state index in [0.29, 0.717) is 17.1 Å². The van der Waals surface area contributed by atoms with Crippen molar-refractivity contribution in [2.45, 2.75) is 4.90 Å². The molecule has 3 aromatic carbocycles. The van der Waals surface area contributed by atoms with E-state index in [2.05, 4.69) is 26.0 Å². The molecule has 7 nitrogen and oxygen atoms in total. The van der Waals surface area contributed by atoms with Crippen molar-refractivity contribution in [3.8, 4) is 11.5 Å². The molecule has 162 valence electrons. The van der Waals surface area contributed by atoms with Crippen LogP contribution in [-0.4, -0.2) is 28.0 Å². The van der Waals surface area contributed by atoms with Crippen LogP contribution in [0.3, 0.4) is 0 Å². The molecular formula is C21H18BrClN2O5S. The molecule has 0 aliphatic carbocycles. The van der Waals surface area contributed by atoms with E-state index in [4.69, 9.17) is 21.1 Å². The minimum atomic E-state index is -3.86. The first-order valence-corrected chi connectivity index (χ1v) is 11.6. The molecule has 0 unspecified atom stereocenters. The summed E-state index contributed by atoms with van der Waals surface area (Å²) >= 11 is 9.49. The van der Waals surface area contributed by atoms with Gasteiger partial charge in [-0.15, -0.1) is 0 Å². The molecule has 0 saturated heterocycles. The lowest BCUT2D eigenvalue weighted by Crippen LogP contribution is -2.20. The standard InChI is InChI=1S/C21H18BrClN2O5S/c1-29-17-8-6-16(7-9-17)25-31(27,28)18-10-11-20(19(23)12-18)30-13-21(26)24-15-4-2-14(22)3-5-15/h2-12,25H,13H2,1H3,(H,24,26). The minimum absolute atomic E-state index is 0.0417. The SMILES string of the molecule is COc1ccc(NS(=O)(=O)c2ccc(OCC(=O)Nc3ccc(Br)cc3)c(Cl)c2)cc1. The second-order valence-electron chi connectivity index (χ2n) is 6.27. The summed E-state index contributed by atoms with van der Waals surface area (Å²) in [6, 6.07) is 17.5. The molecule has 3 aromatic rings. The van der Waals surface area contributed by atoms with Gasteiger partial charge in [0.2, 0.25) is 0 Å². The van der Waals surface area contributed by atoms with Crippen molar-refractivity contribution in [1.82, 2.24) is 0 Å². The third kappa shape index (κ3) is 6.36. The average Bonchev–Trinajstić information content (AvgIpc) is 2.75. The van der Waals surface area contributed by atoms with Crippen LogP contribution >= 0.6 is 27.5 Å². The predicted octanol–water partition coefficient (Wildman–Crippen LogP) is 4.93. The van der Waals surface area contributed by atoms with Crippen LogP contribution in [-0.2, 0) is 14.8 Å². The summed E-state index contributed by atoms with van der Waals surface area (Å²) in [7, 11) is -2.34. The van der Waals surface area contributed by atoms with Crippen LogP contribution < -0.4 is 19.5 Å². The Kier molecular flexibility index (Phi) is 7.42. The largest absolute Gasteiger partial charge is 0.497 e. The molecule has 31 heavy (non-hydrogen) atoms. The van der Waals surface area contributed by atoms with Gasteiger partial charge < -0.3 is 14.8 Å². The number of ether oxygens (including phenoxy) is 2. The zero-order valence-electron chi connectivity index (χ0n) is 16.3. The van der Waals surface area contributed by atoms with Crippen molar-refractivity contribution in [1.29, 1.82) is 0 Å². The molecule has 0 fully saturated rings. The van der Waals surface area contributed by atoms with Crippen LogP contribution in [0.5, 0.6) is 11.5 Å². The molecular weight excluding hydrogens is 508 g/mol. The lowest BCUT2D eigenvalue weighted by atomic mass is 10.3. The van der Waals surface area contributed by atoms with Crippen LogP contribution in [0, 0.1) is 0 Å². The van der Waals surface area contributed by atoms with Gasteiger partial charge in [0.1, 0.15) is 11.5 Å². The van der Waals surface area contributed by atoms with Gasteiger partial charge in [0, 0.05) is 15.8 Å². The Labute approximate surface area is 193 Å². The lowest BCUT2D eigenvalue weighted by Gasteiger charge is -2.12. The first kappa shape index (κ1) is 22.9. The van der Waals surface area contributed by atoms with Crippen molar-refractivity contribution in [3.05, 3.63) is 76.2 Å². The second-order valence-corrected chi connectivity index (χ2v) is 9.28. The maximum absolute atomic E-state index is 12.6. The highest BCUT2D eigenvalue weighted by Crippen LogP contribution is 2.28. The van der Waals surface area contributed by atoms with Crippen molar-refractivity contribution in [2.24, 2.45) is 0 Å². The first-order chi connectivity index (χ1) is 14.8. The number of carbonyl (C=O) groups is 1. The quantitative estimate of drug-likeness (QED) is 0.435. The highest BCUT2D eigenvalue weighted by molar-refractivity contribution is 9.10. The molecule has 0 aromatic heterocycles. The maximum atomic E-state index is 12.6. The predicted molar refractivity (Wildman–Crippen MR) is 124 cm³/mol. The third-order valence-corrected chi connectivity index (χ3v) is 6.25. The zero-order chi connectivity index (χ0) is 22.4. The molecule has 0 radical (unpaired) electrons. The number of hydrogen-bond donors (Lipinski definition) is 2. The Balaban J connectivity index is 1.63. The average molecular weight is 526 g/mol. The van der Waals surface area contributed by atoms with Crippen molar-refractivity contribution >= 4 is 54.8 Å². The number of nitrogens with one attached hydrogen (secondary N) is 2. The van der Waals surface area contributed by atoms with Crippen molar-refractivity contribution in [2.75, 3.05) is 23.8 Å². The summed E-state index contributed by atoms with van der Waals surface area (Å²) in [6.07, 6.45) is 0.